The van der Waals surface area contributed by atoms with E-state index >= 15 is 0 Å². The van der Waals surface area contributed by atoms with E-state index in [2.05, 4.69) is 31.9 Å². The lowest BCUT2D eigenvalue weighted by Gasteiger charge is -2.25. The minimum Gasteiger partial charge on any atom is -0.458 e. The van der Waals surface area contributed by atoms with Gasteiger partial charge in [-0.3, -0.25) is 0 Å². The summed E-state index contributed by atoms with van der Waals surface area (Å²) in [6, 6.07) is 0. The van der Waals surface area contributed by atoms with Crippen molar-refractivity contribution in [1.29, 1.82) is 0 Å². The van der Waals surface area contributed by atoms with Gasteiger partial charge in [0.2, 0.25) is 0 Å². The van der Waals surface area contributed by atoms with E-state index in [0.29, 0.717) is 6.42 Å². The van der Waals surface area contributed by atoms with Crippen molar-refractivity contribution in [2.24, 2.45) is 0 Å². The molecule has 0 aliphatic rings. The van der Waals surface area contributed by atoms with Crippen LogP contribution in [0.1, 0.15) is 34.1 Å². The number of alkyl halides is 2. The number of rotatable bonds is 2. The first-order chi connectivity index (χ1) is 5.19. The first-order valence-corrected chi connectivity index (χ1v) is 5.39. The molecule has 0 heterocycles. The van der Waals surface area contributed by atoms with Crippen LogP contribution >= 0.6 is 31.9 Å². The lowest BCUT2D eigenvalue weighted by molar-refractivity contribution is -0.154. The summed E-state index contributed by atoms with van der Waals surface area (Å²) in [6.45, 7) is 7.43. The summed E-state index contributed by atoms with van der Waals surface area (Å²) in [5.41, 5.74) is -0.432. The van der Waals surface area contributed by atoms with E-state index in [1.54, 1.807) is 0 Å². The summed E-state index contributed by atoms with van der Waals surface area (Å²) in [7, 11) is 0. The Kier molecular flexibility index (Phi) is 4.24. The molecule has 0 aliphatic carbocycles. The Morgan fingerprint density at radius 2 is 1.75 bits per heavy atom. The molecule has 2 nitrogen and oxygen atoms in total. The van der Waals surface area contributed by atoms with Gasteiger partial charge < -0.3 is 4.74 Å². The van der Waals surface area contributed by atoms with E-state index in [1.165, 1.54) is 0 Å². The van der Waals surface area contributed by atoms with Gasteiger partial charge in [-0.15, -0.1) is 0 Å². The molecule has 0 saturated carbocycles. The molecule has 12 heavy (non-hydrogen) atoms. The van der Waals surface area contributed by atoms with Gasteiger partial charge in [0.25, 0.3) is 0 Å². The largest absolute Gasteiger partial charge is 0.458 e. The van der Waals surface area contributed by atoms with Gasteiger partial charge in [0.15, 0.2) is 3.23 Å². The predicted molar refractivity (Wildman–Crippen MR) is 56.7 cm³/mol. The second-order valence-electron chi connectivity index (χ2n) is 3.56. The Balaban J connectivity index is 4.23. The monoisotopic (exact) mass is 300 g/mol. The van der Waals surface area contributed by atoms with Gasteiger partial charge in [-0.25, -0.2) is 4.79 Å². The van der Waals surface area contributed by atoms with Crippen LogP contribution < -0.4 is 0 Å². The van der Waals surface area contributed by atoms with Gasteiger partial charge in [-0.1, -0.05) is 38.8 Å². The molecule has 4 heteroatoms. The van der Waals surface area contributed by atoms with Crippen LogP contribution in [-0.2, 0) is 9.53 Å². The van der Waals surface area contributed by atoms with Crippen molar-refractivity contribution in [2.45, 2.75) is 43.0 Å². The molecule has 0 fully saturated rings. The summed E-state index contributed by atoms with van der Waals surface area (Å²) in [5.74, 6) is -0.280. The Labute approximate surface area is 90.3 Å². The topological polar surface area (TPSA) is 26.3 Å². The highest BCUT2D eigenvalue weighted by atomic mass is 79.9. The number of carbonyl (C=O) groups is 1. The lowest BCUT2D eigenvalue weighted by atomic mass is 10.2. The zero-order valence-electron chi connectivity index (χ0n) is 7.78. The highest BCUT2D eigenvalue weighted by Gasteiger charge is 2.34. The molecule has 0 spiro atoms. The molecule has 0 bridgehead atoms. The van der Waals surface area contributed by atoms with Crippen molar-refractivity contribution in [3.8, 4) is 0 Å². The van der Waals surface area contributed by atoms with Crippen molar-refractivity contribution in [1.82, 2.24) is 0 Å². The van der Waals surface area contributed by atoms with Gasteiger partial charge in [0, 0.05) is 0 Å². The summed E-state index contributed by atoms with van der Waals surface area (Å²) >= 11 is 6.48. The molecule has 0 amide bonds. The molecule has 0 rings (SSSR count). The minimum absolute atomic E-state index is 0.280. The average Bonchev–Trinajstić information content (AvgIpc) is 1.84. The van der Waals surface area contributed by atoms with Crippen LogP contribution in [-0.4, -0.2) is 14.8 Å². The first kappa shape index (κ1) is 12.4. The fourth-order valence-electron chi connectivity index (χ4n) is 0.497. The Bertz CT molecular complexity index is 170. The highest BCUT2D eigenvalue weighted by molar-refractivity contribution is 9.25. The van der Waals surface area contributed by atoms with Gasteiger partial charge in [-0.2, -0.15) is 0 Å². The minimum atomic E-state index is -0.729. The van der Waals surface area contributed by atoms with E-state index in [9.17, 15) is 4.79 Å². The zero-order chi connectivity index (χ0) is 9.99. The molecule has 0 atom stereocenters. The molecule has 0 aliphatic heterocycles. The maximum Gasteiger partial charge on any atom is 0.334 e. The molecule has 72 valence electrons. The van der Waals surface area contributed by atoms with Gasteiger partial charge >= 0.3 is 5.97 Å². The van der Waals surface area contributed by atoms with Crippen LogP contribution in [0.4, 0.5) is 0 Å². The van der Waals surface area contributed by atoms with E-state index in [4.69, 9.17) is 4.74 Å². The molecule has 0 saturated heterocycles. The van der Waals surface area contributed by atoms with Crippen LogP contribution in [0, 0.1) is 0 Å². The summed E-state index contributed by atoms with van der Waals surface area (Å²) in [4.78, 5) is 11.4. The van der Waals surface area contributed by atoms with Crippen LogP contribution in [0.25, 0.3) is 0 Å². The van der Waals surface area contributed by atoms with Gasteiger partial charge in [0.1, 0.15) is 5.60 Å². The molecule has 0 N–H and O–H groups in total. The molecule has 0 unspecified atom stereocenters. The Morgan fingerprint density at radius 3 is 2.00 bits per heavy atom. The lowest BCUT2D eigenvalue weighted by Crippen LogP contribution is -2.33. The number of hydrogen-bond donors (Lipinski definition) is 0. The number of halogens is 2. The predicted octanol–water partition coefficient (Wildman–Crippen LogP) is 3.22. The molecule has 0 radical (unpaired) electrons. The SMILES string of the molecule is CCC(Br)(Br)C(=O)OC(C)(C)C. The number of esters is 1. The average molecular weight is 302 g/mol. The molecular formula is C8H14Br2O2. The number of hydrogen-bond acceptors (Lipinski definition) is 2. The van der Waals surface area contributed by atoms with Crippen molar-refractivity contribution in [2.75, 3.05) is 0 Å². The normalized spacial score (nSPS) is 12.8. The van der Waals surface area contributed by atoms with Crippen molar-refractivity contribution in [3.05, 3.63) is 0 Å². The first-order valence-electron chi connectivity index (χ1n) is 3.80. The molecule has 0 aromatic heterocycles. The van der Waals surface area contributed by atoms with Gasteiger partial charge in [0.05, 0.1) is 0 Å². The third-order valence-corrected chi connectivity index (χ3v) is 2.91. The fraction of sp³-hybridized carbons (Fsp3) is 0.875. The maximum absolute atomic E-state index is 11.4. The quantitative estimate of drug-likeness (QED) is 0.578. The van der Waals surface area contributed by atoms with Crippen LogP contribution in [0.5, 0.6) is 0 Å². The highest BCUT2D eigenvalue weighted by Crippen LogP contribution is 2.32. The summed E-state index contributed by atoms with van der Waals surface area (Å²) in [6.07, 6.45) is 0.641. The van der Waals surface area contributed by atoms with E-state index < -0.39 is 8.83 Å². The summed E-state index contributed by atoms with van der Waals surface area (Å²) < 4.78 is 4.43. The van der Waals surface area contributed by atoms with Crippen LogP contribution in [0.2, 0.25) is 0 Å². The smallest absolute Gasteiger partial charge is 0.334 e. The maximum atomic E-state index is 11.4. The second kappa shape index (κ2) is 4.09. The van der Waals surface area contributed by atoms with Crippen molar-refractivity contribution >= 4 is 37.8 Å². The second-order valence-corrected chi connectivity index (χ2v) is 7.33. The van der Waals surface area contributed by atoms with Crippen molar-refractivity contribution < 1.29 is 9.53 Å². The standard InChI is InChI=1S/C8H14Br2O2/c1-5-8(9,10)6(11)12-7(2,3)4/h5H2,1-4H3. The van der Waals surface area contributed by atoms with E-state index in [-0.39, 0.29) is 5.97 Å². The Morgan fingerprint density at radius 1 is 1.33 bits per heavy atom. The van der Waals surface area contributed by atoms with Crippen LogP contribution in [0.15, 0.2) is 0 Å². The van der Waals surface area contributed by atoms with Crippen molar-refractivity contribution in [3.63, 3.8) is 0 Å². The number of carbonyl (C=O) groups excluding carboxylic acids is 1. The molecular weight excluding hydrogens is 288 g/mol. The molecule has 0 aromatic carbocycles. The third kappa shape index (κ3) is 4.45. The third-order valence-electron chi connectivity index (χ3n) is 1.14. The van der Waals surface area contributed by atoms with Crippen LogP contribution in [0.3, 0.4) is 0 Å². The van der Waals surface area contributed by atoms with E-state index in [0.717, 1.165) is 0 Å². The van der Waals surface area contributed by atoms with Gasteiger partial charge in [-0.05, 0) is 27.2 Å². The van der Waals surface area contributed by atoms with E-state index in [1.807, 2.05) is 27.7 Å². The molecule has 0 aromatic rings. The Hall–Kier alpha value is 0.430. The fourth-order valence-corrected chi connectivity index (χ4v) is 0.659. The number of ether oxygens (including phenoxy) is 1. The zero-order valence-corrected chi connectivity index (χ0v) is 11.0. The summed E-state index contributed by atoms with van der Waals surface area (Å²) in [5, 5.41) is 0.